The molecule has 2 atom stereocenters. The fraction of sp³-hybridized carbons (Fsp3) is 0.923. The van der Waals surface area contributed by atoms with Crippen molar-refractivity contribution in [2.75, 3.05) is 13.1 Å². The Kier molecular flexibility index (Phi) is 3.53. The van der Waals surface area contributed by atoms with Gasteiger partial charge in [-0.2, -0.15) is 0 Å². The Balaban J connectivity index is 1.86. The van der Waals surface area contributed by atoms with Gasteiger partial charge in [-0.05, 0) is 45.2 Å². The summed E-state index contributed by atoms with van der Waals surface area (Å²) in [4.78, 5) is 12.2. The predicted molar refractivity (Wildman–Crippen MR) is 65.2 cm³/mol. The molecular weight excluding hydrogens is 200 g/mol. The maximum Gasteiger partial charge on any atom is 0.226 e. The summed E-state index contributed by atoms with van der Waals surface area (Å²) in [7, 11) is 0. The van der Waals surface area contributed by atoms with Crippen molar-refractivity contribution in [3.63, 3.8) is 0 Å². The third-order valence-corrected chi connectivity index (χ3v) is 4.42. The van der Waals surface area contributed by atoms with E-state index in [1.807, 2.05) is 0 Å². The van der Waals surface area contributed by atoms with E-state index in [2.05, 4.69) is 24.5 Å². The first-order valence-corrected chi connectivity index (χ1v) is 6.63. The highest BCUT2D eigenvalue weighted by Crippen LogP contribution is 2.37. The van der Waals surface area contributed by atoms with E-state index in [-0.39, 0.29) is 11.3 Å². The normalized spacial score (nSPS) is 30.2. The molecule has 16 heavy (non-hydrogen) atoms. The quantitative estimate of drug-likeness (QED) is 0.766. The van der Waals surface area contributed by atoms with Crippen molar-refractivity contribution >= 4 is 5.91 Å². The van der Waals surface area contributed by atoms with Crippen LogP contribution in [0.2, 0.25) is 0 Å². The predicted octanol–water partition coefficient (Wildman–Crippen LogP) is 1.68. The first-order valence-electron chi connectivity index (χ1n) is 6.63. The first-order chi connectivity index (χ1) is 7.62. The Labute approximate surface area is 98.4 Å². The second-order valence-corrected chi connectivity index (χ2v) is 5.78. The molecule has 0 aromatic carbocycles. The van der Waals surface area contributed by atoms with E-state index in [1.54, 1.807) is 0 Å². The summed E-state index contributed by atoms with van der Waals surface area (Å²) >= 11 is 0. The van der Waals surface area contributed by atoms with E-state index < -0.39 is 0 Å². The minimum atomic E-state index is -0.0830. The maximum atomic E-state index is 12.2. The lowest BCUT2D eigenvalue weighted by molar-refractivity contribution is -0.130. The minimum Gasteiger partial charge on any atom is -0.353 e. The fourth-order valence-corrected chi connectivity index (χ4v) is 2.99. The van der Waals surface area contributed by atoms with E-state index in [0.717, 1.165) is 25.9 Å². The summed E-state index contributed by atoms with van der Waals surface area (Å²) in [6.45, 7) is 6.42. The molecule has 0 bridgehead atoms. The third-order valence-electron chi connectivity index (χ3n) is 4.42. The van der Waals surface area contributed by atoms with E-state index in [1.165, 1.54) is 19.3 Å². The van der Waals surface area contributed by atoms with Crippen LogP contribution in [0.1, 0.15) is 46.0 Å². The molecule has 1 aliphatic carbocycles. The molecule has 1 saturated carbocycles. The summed E-state index contributed by atoms with van der Waals surface area (Å²) in [5.74, 6) is 0.901. The van der Waals surface area contributed by atoms with Gasteiger partial charge in [0.2, 0.25) is 5.91 Å². The van der Waals surface area contributed by atoms with Crippen LogP contribution in [0.15, 0.2) is 0 Å². The zero-order valence-corrected chi connectivity index (χ0v) is 10.5. The van der Waals surface area contributed by atoms with Crippen molar-refractivity contribution in [2.45, 2.75) is 52.0 Å². The molecule has 1 saturated heterocycles. The molecule has 2 N–H and O–H groups in total. The lowest BCUT2D eigenvalue weighted by Crippen LogP contribution is -2.45. The number of carbonyl (C=O) groups is 1. The van der Waals surface area contributed by atoms with Crippen molar-refractivity contribution in [2.24, 2.45) is 11.3 Å². The molecule has 0 aromatic heterocycles. The van der Waals surface area contributed by atoms with Crippen molar-refractivity contribution in [3.8, 4) is 0 Å². The highest BCUT2D eigenvalue weighted by molar-refractivity contribution is 5.82. The lowest BCUT2D eigenvalue weighted by Gasteiger charge is -2.27. The van der Waals surface area contributed by atoms with E-state index in [0.29, 0.717) is 12.0 Å². The monoisotopic (exact) mass is 224 g/mol. The molecular formula is C13H24N2O. The molecule has 1 aliphatic heterocycles. The number of hydrogen-bond acceptors (Lipinski definition) is 2. The van der Waals surface area contributed by atoms with Crippen molar-refractivity contribution < 1.29 is 4.79 Å². The molecule has 0 spiro atoms. The Morgan fingerprint density at radius 1 is 1.44 bits per heavy atom. The summed E-state index contributed by atoms with van der Waals surface area (Å²) in [5, 5.41) is 6.58. The Morgan fingerprint density at radius 3 is 2.69 bits per heavy atom. The molecule has 0 radical (unpaired) electrons. The topological polar surface area (TPSA) is 41.1 Å². The Hall–Kier alpha value is -0.570. The van der Waals surface area contributed by atoms with Crippen LogP contribution in [0.25, 0.3) is 0 Å². The van der Waals surface area contributed by atoms with Crippen LogP contribution >= 0.6 is 0 Å². The van der Waals surface area contributed by atoms with E-state index >= 15 is 0 Å². The largest absolute Gasteiger partial charge is 0.353 e. The maximum absolute atomic E-state index is 12.2. The van der Waals surface area contributed by atoms with E-state index in [4.69, 9.17) is 0 Å². The van der Waals surface area contributed by atoms with Crippen molar-refractivity contribution in [3.05, 3.63) is 0 Å². The Bertz CT molecular complexity index is 253. The molecule has 3 nitrogen and oxygen atoms in total. The average molecular weight is 224 g/mol. The number of amides is 1. The van der Waals surface area contributed by atoms with Crippen LogP contribution in [0.4, 0.5) is 0 Å². The number of hydrogen-bond donors (Lipinski definition) is 2. The molecule has 2 aliphatic rings. The molecule has 1 heterocycles. The van der Waals surface area contributed by atoms with Gasteiger partial charge >= 0.3 is 0 Å². The van der Waals surface area contributed by atoms with Gasteiger partial charge in [0, 0.05) is 11.5 Å². The summed E-state index contributed by atoms with van der Waals surface area (Å²) < 4.78 is 0. The smallest absolute Gasteiger partial charge is 0.226 e. The third kappa shape index (κ3) is 2.40. The van der Waals surface area contributed by atoms with Gasteiger partial charge in [0.25, 0.3) is 0 Å². The second-order valence-electron chi connectivity index (χ2n) is 5.78. The Morgan fingerprint density at radius 2 is 2.12 bits per heavy atom. The van der Waals surface area contributed by atoms with Crippen LogP contribution in [-0.2, 0) is 4.79 Å². The highest BCUT2D eigenvalue weighted by atomic mass is 16.2. The molecule has 2 fully saturated rings. The minimum absolute atomic E-state index is 0.0830. The fourth-order valence-electron chi connectivity index (χ4n) is 2.99. The van der Waals surface area contributed by atoms with Crippen LogP contribution in [0, 0.1) is 11.3 Å². The molecule has 0 aromatic rings. The summed E-state index contributed by atoms with van der Waals surface area (Å²) in [5.41, 5.74) is -0.0830. The summed E-state index contributed by atoms with van der Waals surface area (Å²) in [6.07, 6.45) is 5.74. The van der Waals surface area contributed by atoms with Crippen molar-refractivity contribution in [1.29, 1.82) is 0 Å². The van der Waals surface area contributed by atoms with Crippen molar-refractivity contribution in [1.82, 2.24) is 10.6 Å². The van der Waals surface area contributed by atoms with Gasteiger partial charge in [-0.15, -0.1) is 0 Å². The van der Waals surface area contributed by atoms with Gasteiger partial charge in [0.1, 0.15) is 0 Å². The molecule has 3 heteroatoms. The lowest BCUT2D eigenvalue weighted by atomic mass is 9.87. The number of rotatable bonds is 3. The zero-order chi connectivity index (χ0) is 11.6. The average Bonchev–Trinajstić information content (AvgIpc) is 2.88. The van der Waals surface area contributed by atoms with Gasteiger partial charge in [-0.3, -0.25) is 4.79 Å². The molecule has 2 rings (SSSR count). The molecule has 1 amide bonds. The van der Waals surface area contributed by atoms with Gasteiger partial charge in [0.05, 0.1) is 0 Å². The summed E-state index contributed by atoms with van der Waals surface area (Å²) in [6, 6.07) is 0.319. The van der Waals surface area contributed by atoms with E-state index in [9.17, 15) is 4.79 Å². The second kappa shape index (κ2) is 4.74. The molecule has 2 unspecified atom stereocenters. The first kappa shape index (κ1) is 11.9. The van der Waals surface area contributed by atoms with Gasteiger partial charge in [-0.1, -0.05) is 19.8 Å². The number of carbonyl (C=O) groups excluding carboxylic acids is 1. The van der Waals surface area contributed by atoms with Crippen LogP contribution in [0.5, 0.6) is 0 Å². The van der Waals surface area contributed by atoms with Crippen LogP contribution in [0.3, 0.4) is 0 Å². The number of nitrogens with one attached hydrogen (secondary N) is 2. The SMILES string of the molecule is CC(NC(=O)C1(C)CCCC1)C1CCNC1. The zero-order valence-electron chi connectivity index (χ0n) is 10.5. The highest BCUT2D eigenvalue weighted by Gasteiger charge is 2.37. The van der Waals surface area contributed by atoms with Gasteiger partial charge < -0.3 is 10.6 Å². The van der Waals surface area contributed by atoms with Gasteiger partial charge in [0.15, 0.2) is 0 Å². The van der Waals surface area contributed by atoms with Crippen LogP contribution in [-0.4, -0.2) is 25.0 Å². The molecule has 92 valence electrons. The van der Waals surface area contributed by atoms with Crippen LogP contribution < -0.4 is 10.6 Å². The van der Waals surface area contributed by atoms with Gasteiger partial charge in [-0.25, -0.2) is 0 Å². The standard InChI is InChI=1S/C13H24N2O/c1-10(11-5-8-14-9-11)15-12(16)13(2)6-3-4-7-13/h10-11,14H,3-9H2,1-2H3,(H,15,16).